The van der Waals surface area contributed by atoms with Crippen LogP contribution < -0.4 is 14.8 Å². The molecule has 1 aromatic heterocycles. The van der Waals surface area contributed by atoms with Gasteiger partial charge in [-0.15, -0.1) is 10.2 Å². The number of hydrogen-bond acceptors (Lipinski definition) is 6. The van der Waals surface area contributed by atoms with Crippen LogP contribution in [-0.2, 0) is 6.54 Å². The minimum atomic E-state index is -0.349. The van der Waals surface area contributed by atoms with Gasteiger partial charge in [-0.2, -0.15) is 0 Å². The standard InChI is InChI=1S/C13H15N3O3/c1-2-14-7-12-15-16-13(19-12)11-8-17-9-5-3-4-6-10(9)18-11/h3-6,11,14H,2,7-8H2,1H3. The molecule has 0 bridgehead atoms. The molecular formula is C13H15N3O3. The van der Waals surface area contributed by atoms with Crippen LogP contribution in [0.2, 0.25) is 0 Å². The number of rotatable bonds is 4. The van der Waals surface area contributed by atoms with Gasteiger partial charge >= 0.3 is 0 Å². The molecule has 1 aromatic carbocycles. The predicted molar refractivity (Wildman–Crippen MR) is 67.0 cm³/mol. The Morgan fingerprint density at radius 3 is 2.95 bits per heavy atom. The molecule has 1 unspecified atom stereocenters. The van der Waals surface area contributed by atoms with Gasteiger partial charge in [0, 0.05) is 0 Å². The van der Waals surface area contributed by atoms with Crippen molar-refractivity contribution in [2.45, 2.75) is 19.6 Å². The lowest BCUT2D eigenvalue weighted by Gasteiger charge is -2.23. The fourth-order valence-corrected chi connectivity index (χ4v) is 1.84. The zero-order valence-electron chi connectivity index (χ0n) is 10.6. The highest BCUT2D eigenvalue weighted by molar-refractivity contribution is 5.40. The fraction of sp³-hybridized carbons (Fsp3) is 0.385. The summed E-state index contributed by atoms with van der Waals surface area (Å²) in [5.41, 5.74) is 0. The molecule has 0 saturated carbocycles. The Kier molecular flexibility index (Phi) is 3.33. The number of benzene rings is 1. The molecule has 100 valence electrons. The highest BCUT2D eigenvalue weighted by Crippen LogP contribution is 2.35. The second kappa shape index (κ2) is 5.27. The van der Waals surface area contributed by atoms with E-state index in [1.165, 1.54) is 0 Å². The summed E-state index contributed by atoms with van der Waals surface area (Å²) >= 11 is 0. The van der Waals surface area contributed by atoms with E-state index in [0.717, 1.165) is 12.3 Å². The van der Waals surface area contributed by atoms with Crippen LogP contribution in [0.1, 0.15) is 24.8 Å². The van der Waals surface area contributed by atoms with Gasteiger partial charge in [0.15, 0.2) is 11.5 Å². The highest BCUT2D eigenvalue weighted by Gasteiger charge is 2.27. The molecule has 1 N–H and O–H groups in total. The van der Waals surface area contributed by atoms with Crippen molar-refractivity contribution in [1.29, 1.82) is 0 Å². The van der Waals surface area contributed by atoms with Crippen LogP contribution in [0.5, 0.6) is 11.5 Å². The summed E-state index contributed by atoms with van der Waals surface area (Å²) in [7, 11) is 0. The Morgan fingerprint density at radius 2 is 2.11 bits per heavy atom. The van der Waals surface area contributed by atoms with E-state index in [1.54, 1.807) is 0 Å². The summed E-state index contributed by atoms with van der Waals surface area (Å²) in [6.07, 6.45) is -0.349. The van der Waals surface area contributed by atoms with Gasteiger partial charge < -0.3 is 19.2 Å². The van der Waals surface area contributed by atoms with Crippen molar-refractivity contribution in [3.63, 3.8) is 0 Å². The topological polar surface area (TPSA) is 69.4 Å². The van der Waals surface area contributed by atoms with Gasteiger partial charge in [-0.3, -0.25) is 0 Å². The lowest BCUT2D eigenvalue weighted by Crippen LogP contribution is -2.21. The van der Waals surface area contributed by atoms with Crippen molar-refractivity contribution in [3.05, 3.63) is 36.0 Å². The number of ether oxygens (including phenoxy) is 2. The normalized spacial score (nSPS) is 17.4. The minimum absolute atomic E-state index is 0.349. The third-order valence-corrected chi connectivity index (χ3v) is 2.79. The fourth-order valence-electron chi connectivity index (χ4n) is 1.84. The van der Waals surface area contributed by atoms with E-state index >= 15 is 0 Å². The van der Waals surface area contributed by atoms with Crippen LogP contribution >= 0.6 is 0 Å². The number of aromatic nitrogens is 2. The maximum Gasteiger partial charge on any atom is 0.260 e. The molecule has 3 rings (SSSR count). The molecular weight excluding hydrogens is 246 g/mol. The number of nitrogens with one attached hydrogen (secondary N) is 1. The largest absolute Gasteiger partial charge is 0.485 e. The van der Waals surface area contributed by atoms with Crippen molar-refractivity contribution in [2.24, 2.45) is 0 Å². The second-order valence-electron chi connectivity index (χ2n) is 4.18. The van der Waals surface area contributed by atoms with Crippen molar-refractivity contribution in [2.75, 3.05) is 13.2 Å². The Bertz CT molecular complexity index is 556. The molecule has 6 nitrogen and oxygen atoms in total. The van der Waals surface area contributed by atoms with E-state index in [0.29, 0.717) is 30.7 Å². The Labute approximate surface area is 110 Å². The van der Waals surface area contributed by atoms with E-state index in [1.807, 2.05) is 31.2 Å². The quantitative estimate of drug-likeness (QED) is 0.903. The van der Waals surface area contributed by atoms with Crippen molar-refractivity contribution in [1.82, 2.24) is 15.5 Å². The molecule has 1 atom stereocenters. The molecule has 0 amide bonds. The third kappa shape index (κ3) is 2.53. The van der Waals surface area contributed by atoms with Crippen LogP contribution in [0.15, 0.2) is 28.7 Å². The van der Waals surface area contributed by atoms with E-state index in [9.17, 15) is 0 Å². The van der Waals surface area contributed by atoms with Gasteiger partial charge in [-0.1, -0.05) is 19.1 Å². The molecule has 0 spiro atoms. The molecule has 0 radical (unpaired) electrons. The molecule has 0 saturated heterocycles. The second-order valence-corrected chi connectivity index (χ2v) is 4.18. The number of fused-ring (bicyclic) bond motifs is 1. The summed E-state index contributed by atoms with van der Waals surface area (Å²) in [6, 6.07) is 7.53. The first-order chi connectivity index (χ1) is 9.36. The molecule has 1 aliphatic rings. The maximum atomic E-state index is 5.79. The molecule has 19 heavy (non-hydrogen) atoms. The molecule has 1 aliphatic heterocycles. The van der Waals surface area contributed by atoms with Crippen LogP contribution in [0.3, 0.4) is 0 Å². The van der Waals surface area contributed by atoms with Crippen LogP contribution in [0.4, 0.5) is 0 Å². The van der Waals surface area contributed by atoms with Gasteiger partial charge in [-0.25, -0.2) is 0 Å². The Balaban J connectivity index is 1.72. The van der Waals surface area contributed by atoms with Crippen LogP contribution in [-0.4, -0.2) is 23.3 Å². The summed E-state index contributed by atoms with van der Waals surface area (Å²) < 4.78 is 17.0. The molecule has 6 heteroatoms. The molecule has 2 aromatic rings. The molecule has 2 heterocycles. The first-order valence-electron chi connectivity index (χ1n) is 6.28. The summed E-state index contributed by atoms with van der Waals surface area (Å²) in [6.45, 7) is 3.81. The van der Waals surface area contributed by atoms with Crippen molar-refractivity contribution < 1.29 is 13.9 Å². The smallest absolute Gasteiger partial charge is 0.260 e. The van der Waals surface area contributed by atoms with Gasteiger partial charge in [0.05, 0.1) is 6.54 Å². The number of nitrogens with zero attached hydrogens (tertiary/aromatic N) is 2. The lowest BCUT2D eigenvalue weighted by atomic mass is 10.2. The van der Waals surface area contributed by atoms with Crippen molar-refractivity contribution in [3.8, 4) is 11.5 Å². The van der Waals surface area contributed by atoms with E-state index in [4.69, 9.17) is 13.9 Å². The summed E-state index contributed by atoms with van der Waals surface area (Å²) in [4.78, 5) is 0. The average Bonchev–Trinajstić information content (AvgIpc) is 2.93. The molecule has 0 aliphatic carbocycles. The van der Waals surface area contributed by atoms with E-state index < -0.39 is 0 Å². The predicted octanol–water partition coefficient (Wildman–Crippen LogP) is 1.69. The highest BCUT2D eigenvalue weighted by atomic mass is 16.6. The van der Waals surface area contributed by atoms with E-state index in [2.05, 4.69) is 15.5 Å². The zero-order valence-corrected chi connectivity index (χ0v) is 10.6. The average molecular weight is 261 g/mol. The SMILES string of the molecule is CCNCc1nnc(C2COc3ccccc3O2)o1. The van der Waals surface area contributed by atoms with Gasteiger partial charge in [0.25, 0.3) is 5.89 Å². The lowest BCUT2D eigenvalue weighted by molar-refractivity contribution is 0.0703. The first kappa shape index (κ1) is 12.0. The monoisotopic (exact) mass is 261 g/mol. The van der Waals surface area contributed by atoms with Gasteiger partial charge in [0.1, 0.15) is 6.61 Å². The maximum absolute atomic E-state index is 5.79. The van der Waals surface area contributed by atoms with Gasteiger partial charge in [0.2, 0.25) is 12.0 Å². The van der Waals surface area contributed by atoms with Crippen LogP contribution in [0.25, 0.3) is 0 Å². The minimum Gasteiger partial charge on any atom is -0.485 e. The molecule has 0 fully saturated rings. The number of hydrogen-bond donors (Lipinski definition) is 1. The first-order valence-corrected chi connectivity index (χ1v) is 6.28. The van der Waals surface area contributed by atoms with E-state index in [-0.39, 0.29) is 6.10 Å². The van der Waals surface area contributed by atoms with Crippen LogP contribution in [0, 0.1) is 0 Å². The summed E-state index contributed by atoms with van der Waals surface area (Å²) in [5, 5.41) is 11.1. The van der Waals surface area contributed by atoms with Gasteiger partial charge in [-0.05, 0) is 18.7 Å². The number of para-hydroxylation sites is 2. The Morgan fingerprint density at radius 1 is 1.26 bits per heavy atom. The summed E-state index contributed by atoms with van der Waals surface area (Å²) in [5.74, 6) is 2.44. The van der Waals surface area contributed by atoms with Crippen molar-refractivity contribution >= 4 is 0 Å². The zero-order chi connectivity index (χ0) is 13.1. The Hall–Kier alpha value is -2.08. The third-order valence-electron chi connectivity index (χ3n) is 2.79.